The topological polar surface area (TPSA) is 51.7 Å². The molecule has 2 aromatic carbocycles. The molecule has 3 aromatic rings. The molecule has 2 aliphatic heterocycles. The molecule has 1 aromatic heterocycles. The molecule has 0 amide bonds. The Kier molecular flexibility index (Phi) is 4.77. The maximum atomic E-state index is 13.1. The van der Waals surface area contributed by atoms with Crippen LogP contribution in [-0.4, -0.2) is 22.4 Å². The summed E-state index contributed by atoms with van der Waals surface area (Å²) in [5.74, 6) is 1.59. The first-order valence-electron chi connectivity index (χ1n) is 9.69. The van der Waals surface area contributed by atoms with E-state index >= 15 is 0 Å². The van der Waals surface area contributed by atoms with Crippen molar-refractivity contribution in [1.29, 1.82) is 0 Å². The minimum atomic E-state index is -0.105. The first-order valence-corrected chi connectivity index (χ1v) is 10.1. The first-order chi connectivity index (χ1) is 14.6. The molecule has 150 valence electrons. The normalized spacial score (nSPS) is 16.7. The number of carbonyl (C=O) groups is 1. The molecule has 0 aliphatic carbocycles. The highest BCUT2D eigenvalue weighted by Gasteiger charge is 2.35. The molecule has 5 rings (SSSR count). The van der Waals surface area contributed by atoms with Crippen LogP contribution in [0.1, 0.15) is 32.6 Å². The van der Waals surface area contributed by atoms with Crippen LogP contribution in [0.4, 0.5) is 0 Å². The summed E-state index contributed by atoms with van der Waals surface area (Å²) < 4.78 is 12.1. The highest BCUT2D eigenvalue weighted by molar-refractivity contribution is 6.30. The number of allylic oxidation sites excluding steroid dienone is 1. The Balaban J connectivity index is 1.47. The molecule has 0 atom stereocenters. The summed E-state index contributed by atoms with van der Waals surface area (Å²) >= 11 is 5.96. The summed E-state index contributed by atoms with van der Waals surface area (Å²) in [6.45, 7) is 3.76. The van der Waals surface area contributed by atoms with Crippen LogP contribution in [0, 0.1) is 6.92 Å². The van der Waals surface area contributed by atoms with Gasteiger partial charge in [0.25, 0.3) is 0 Å². The van der Waals surface area contributed by atoms with E-state index in [1.54, 1.807) is 30.6 Å². The second-order valence-corrected chi connectivity index (χ2v) is 7.92. The summed E-state index contributed by atoms with van der Waals surface area (Å²) in [5, 5.41) is 0.649. The fourth-order valence-corrected chi connectivity index (χ4v) is 3.96. The van der Waals surface area contributed by atoms with Crippen LogP contribution in [0.25, 0.3) is 6.08 Å². The number of ketones is 1. The van der Waals surface area contributed by atoms with Crippen LogP contribution in [-0.2, 0) is 13.1 Å². The molecule has 0 fully saturated rings. The van der Waals surface area contributed by atoms with E-state index in [1.165, 1.54) is 0 Å². The standard InChI is InChI=1S/C24H19ClN2O3/c1-15-10-20-19(13-27(14-29-20)12-17-6-8-26-9-7-17)24-22(15)23(28)21(30-24)11-16-2-4-18(25)5-3-16/h2-11H,12-14H2,1H3/b21-11-. The highest BCUT2D eigenvalue weighted by atomic mass is 35.5. The third kappa shape index (κ3) is 3.47. The van der Waals surface area contributed by atoms with Crippen LogP contribution >= 0.6 is 11.6 Å². The number of carbonyl (C=O) groups excluding carboxylic acids is 1. The van der Waals surface area contributed by atoms with Crippen molar-refractivity contribution in [2.75, 3.05) is 6.73 Å². The van der Waals surface area contributed by atoms with E-state index in [9.17, 15) is 4.79 Å². The zero-order valence-electron chi connectivity index (χ0n) is 16.4. The monoisotopic (exact) mass is 418 g/mol. The molecule has 0 bridgehead atoms. The predicted octanol–water partition coefficient (Wildman–Crippen LogP) is 5.01. The van der Waals surface area contributed by atoms with Gasteiger partial charge in [0.1, 0.15) is 18.2 Å². The molecule has 0 radical (unpaired) electrons. The molecule has 6 heteroatoms. The SMILES string of the molecule is Cc1cc2c(c3c1C(=O)/C(=C/c1ccc(Cl)cc1)O3)CN(Cc1ccncc1)CO2. The summed E-state index contributed by atoms with van der Waals surface area (Å²) in [5.41, 5.74) is 4.39. The van der Waals surface area contributed by atoms with Gasteiger partial charge >= 0.3 is 0 Å². The van der Waals surface area contributed by atoms with Crippen LogP contribution in [0.3, 0.4) is 0 Å². The van der Waals surface area contributed by atoms with Gasteiger partial charge in [0.15, 0.2) is 5.76 Å². The van der Waals surface area contributed by atoms with Gasteiger partial charge in [0, 0.05) is 30.5 Å². The van der Waals surface area contributed by atoms with Crippen molar-refractivity contribution in [1.82, 2.24) is 9.88 Å². The quantitative estimate of drug-likeness (QED) is 0.559. The van der Waals surface area contributed by atoms with Crippen molar-refractivity contribution < 1.29 is 14.3 Å². The summed E-state index contributed by atoms with van der Waals surface area (Å²) in [7, 11) is 0. The van der Waals surface area contributed by atoms with E-state index in [-0.39, 0.29) is 5.78 Å². The number of hydrogen-bond donors (Lipinski definition) is 0. The van der Waals surface area contributed by atoms with Gasteiger partial charge in [-0.05, 0) is 60.0 Å². The zero-order chi connectivity index (χ0) is 20.7. The van der Waals surface area contributed by atoms with Crippen molar-refractivity contribution in [2.45, 2.75) is 20.0 Å². The van der Waals surface area contributed by atoms with E-state index in [0.717, 1.165) is 34.5 Å². The number of fused-ring (bicyclic) bond motifs is 3. The Labute approximate surface area is 179 Å². The maximum absolute atomic E-state index is 13.1. The molecule has 3 heterocycles. The molecule has 0 spiro atoms. The van der Waals surface area contributed by atoms with E-state index in [4.69, 9.17) is 21.1 Å². The Morgan fingerprint density at radius 1 is 1.17 bits per heavy atom. The average Bonchev–Trinajstić information content (AvgIpc) is 3.08. The number of aryl methyl sites for hydroxylation is 1. The molecular weight excluding hydrogens is 400 g/mol. The Bertz CT molecular complexity index is 1160. The summed E-state index contributed by atoms with van der Waals surface area (Å²) in [6, 6.07) is 13.2. The number of ether oxygens (including phenoxy) is 2. The van der Waals surface area contributed by atoms with Crippen molar-refractivity contribution in [3.05, 3.63) is 93.5 Å². The van der Waals surface area contributed by atoms with Crippen LogP contribution in [0.2, 0.25) is 5.02 Å². The van der Waals surface area contributed by atoms with Gasteiger partial charge in [-0.15, -0.1) is 0 Å². The number of nitrogens with zero attached hydrogens (tertiary/aromatic N) is 2. The Morgan fingerprint density at radius 2 is 1.93 bits per heavy atom. The van der Waals surface area contributed by atoms with Crippen LogP contribution in [0.5, 0.6) is 11.5 Å². The fourth-order valence-electron chi connectivity index (χ4n) is 3.83. The van der Waals surface area contributed by atoms with Crippen molar-refractivity contribution in [2.24, 2.45) is 0 Å². The van der Waals surface area contributed by atoms with Crippen molar-refractivity contribution >= 4 is 23.5 Å². The van der Waals surface area contributed by atoms with E-state index in [2.05, 4.69) is 9.88 Å². The summed E-state index contributed by atoms with van der Waals surface area (Å²) in [4.78, 5) is 19.3. The van der Waals surface area contributed by atoms with E-state index in [1.807, 2.05) is 37.3 Å². The third-order valence-electron chi connectivity index (χ3n) is 5.31. The second-order valence-electron chi connectivity index (χ2n) is 7.48. The number of hydrogen-bond acceptors (Lipinski definition) is 5. The number of rotatable bonds is 3. The molecule has 0 saturated carbocycles. The van der Waals surface area contributed by atoms with E-state index < -0.39 is 0 Å². The van der Waals surface area contributed by atoms with Gasteiger partial charge in [-0.1, -0.05) is 23.7 Å². The largest absolute Gasteiger partial charge is 0.478 e. The molecular formula is C24H19ClN2O3. The van der Waals surface area contributed by atoms with Gasteiger partial charge in [0.2, 0.25) is 5.78 Å². The van der Waals surface area contributed by atoms with E-state index in [0.29, 0.717) is 35.4 Å². The smallest absolute Gasteiger partial charge is 0.232 e. The fraction of sp³-hybridized carbons (Fsp3) is 0.167. The lowest BCUT2D eigenvalue weighted by atomic mass is 9.98. The number of pyridine rings is 1. The summed E-state index contributed by atoms with van der Waals surface area (Å²) in [6.07, 6.45) is 5.32. The average molecular weight is 419 g/mol. The van der Waals surface area contributed by atoms with Crippen molar-refractivity contribution in [3.8, 4) is 11.5 Å². The van der Waals surface area contributed by atoms with Gasteiger partial charge in [-0.2, -0.15) is 0 Å². The number of halogens is 1. The third-order valence-corrected chi connectivity index (χ3v) is 5.56. The first kappa shape index (κ1) is 18.9. The predicted molar refractivity (Wildman–Crippen MR) is 115 cm³/mol. The lowest BCUT2D eigenvalue weighted by Gasteiger charge is -2.30. The highest BCUT2D eigenvalue weighted by Crippen LogP contribution is 2.44. The molecule has 0 unspecified atom stereocenters. The number of aromatic nitrogens is 1. The molecule has 0 saturated heterocycles. The van der Waals surface area contributed by atoms with Gasteiger partial charge in [-0.3, -0.25) is 14.7 Å². The minimum absolute atomic E-state index is 0.105. The lowest BCUT2D eigenvalue weighted by molar-refractivity contribution is 0.0872. The number of Topliss-reactive ketones (excluding diaryl/α,β-unsaturated/α-hetero) is 1. The van der Waals surface area contributed by atoms with Gasteiger partial charge in [-0.25, -0.2) is 0 Å². The molecule has 0 N–H and O–H groups in total. The Morgan fingerprint density at radius 3 is 2.70 bits per heavy atom. The van der Waals surface area contributed by atoms with Gasteiger partial charge in [0.05, 0.1) is 11.1 Å². The van der Waals surface area contributed by atoms with Gasteiger partial charge < -0.3 is 9.47 Å². The van der Waals surface area contributed by atoms with Crippen LogP contribution < -0.4 is 9.47 Å². The molecule has 30 heavy (non-hydrogen) atoms. The zero-order valence-corrected chi connectivity index (χ0v) is 17.1. The maximum Gasteiger partial charge on any atom is 0.232 e. The van der Waals surface area contributed by atoms with Crippen molar-refractivity contribution in [3.63, 3.8) is 0 Å². The minimum Gasteiger partial charge on any atom is -0.478 e. The number of benzene rings is 2. The van der Waals surface area contributed by atoms with Crippen LogP contribution in [0.15, 0.2) is 60.6 Å². The molecule has 2 aliphatic rings. The molecule has 5 nitrogen and oxygen atoms in total. The second kappa shape index (κ2) is 7.59. The Hall–Kier alpha value is -3.15. The lowest BCUT2D eigenvalue weighted by Crippen LogP contribution is -2.31.